The summed E-state index contributed by atoms with van der Waals surface area (Å²) in [5, 5.41) is 8.35. The molecule has 0 aromatic heterocycles. The highest BCUT2D eigenvalue weighted by molar-refractivity contribution is 7.46. The maximum Gasteiger partial charge on any atom is 0.529 e. The van der Waals surface area contributed by atoms with Gasteiger partial charge in [-0.25, -0.2) is 9.36 Å². The average Bonchev–Trinajstić information content (AvgIpc) is 2.28. The van der Waals surface area contributed by atoms with Crippen molar-refractivity contribution in [1.82, 2.24) is 0 Å². The molecule has 116 valence electrons. The van der Waals surface area contributed by atoms with E-state index < -0.39 is 32.5 Å². The third-order valence-corrected chi connectivity index (χ3v) is 2.17. The smallest absolute Gasteiger partial charge is 0.481 e. The standard InChI is InChI=1S/C9H15O10P/c10-7(11)3-1-2-4-8(12)17-5-6-18-9(13)19-20(14,15)16/h1-6H2,(H,10,11)(H2,14,15,16). The first-order chi connectivity index (χ1) is 9.20. The van der Waals surface area contributed by atoms with Crippen molar-refractivity contribution in [3.05, 3.63) is 0 Å². The van der Waals surface area contributed by atoms with Crippen molar-refractivity contribution >= 4 is 25.9 Å². The molecule has 20 heavy (non-hydrogen) atoms. The van der Waals surface area contributed by atoms with Gasteiger partial charge in [0.05, 0.1) is 0 Å². The summed E-state index contributed by atoms with van der Waals surface area (Å²) in [6, 6.07) is 0. The molecule has 0 rings (SSSR count). The van der Waals surface area contributed by atoms with E-state index in [1.54, 1.807) is 0 Å². The molecule has 10 nitrogen and oxygen atoms in total. The van der Waals surface area contributed by atoms with Crippen LogP contribution < -0.4 is 0 Å². The highest BCUT2D eigenvalue weighted by Gasteiger charge is 2.21. The Bertz CT molecular complexity index is 386. The molecule has 0 saturated carbocycles. The molecule has 0 heterocycles. The Hall–Kier alpha value is -1.64. The monoisotopic (exact) mass is 314 g/mol. The molecule has 0 bridgehead atoms. The number of hydrogen-bond donors (Lipinski definition) is 3. The maximum absolute atomic E-state index is 11.1. The number of hydrogen-bond acceptors (Lipinski definition) is 7. The van der Waals surface area contributed by atoms with Gasteiger partial charge in [0.25, 0.3) is 0 Å². The fraction of sp³-hybridized carbons (Fsp3) is 0.667. The minimum atomic E-state index is -4.95. The molecule has 0 aromatic rings. The van der Waals surface area contributed by atoms with E-state index in [1.807, 2.05) is 0 Å². The first-order valence-corrected chi connectivity index (χ1v) is 7.03. The SMILES string of the molecule is O=C(O)CCCCC(=O)OCCOC(=O)OP(=O)(O)O. The van der Waals surface area contributed by atoms with E-state index in [2.05, 4.69) is 14.0 Å². The van der Waals surface area contributed by atoms with E-state index in [0.29, 0.717) is 12.8 Å². The maximum atomic E-state index is 11.1. The number of carbonyl (C=O) groups excluding carboxylic acids is 2. The van der Waals surface area contributed by atoms with Gasteiger partial charge in [0.15, 0.2) is 0 Å². The molecule has 0 unspecified atom stereocenters. The van der Waals surface area contributed by atoms with Crippen LogP contribution in [0.5, 0.6) is 0 Å². The highest BCUT2D eigenvalue weighted by atomic mass is 31.2. The van der Waals surface area contributed by atoms with Gasteiger partial charge in [-0.05, 0) is 12.8 Å². The Balaban J connectivity index is 3.55. The third-order valence-electron chi connectivity index (χ3n) is 1.78. The second-order valence-electron chi connectivity index (χ2n) is 3.50. The zero-order valence-corrected chi connectivity index (χ0v) is 11.3. The van der Waals surface area contributed by atoms with Crippen molar-refractivity contribution < 1.29 is 47.8 Å². The molecule has 0 aliphatic heterocycles. The molecule has 0 spiro atoms. The number of esters is 1. The molecule has 0 fully saturated rings. The van der Waals surface area contributed by atoms with Crippen LogP contribution in [0.1, 0.15) is 25.7 Å². The van der Waals surface area contributed by atoms with Gasteiger partial charge in [-0.1, -0.05) is 0 Å². The molecule has 0 aliphatic carbocycles. The van der Waals surface area contributed by atoms with Gasteiger partial charge in [-0.15, -0.1) is 0 Å². The predicted octanol–water partition coefficient (Wildman–Crippen LogP) is 0.420. The van der Waals surface area contributed by atoms with Crippen LogP contribution in [0.3, 0.4) is 0 Å². The second-order valence-corrected chi connectivity index (χ2v) is 4.67. The van der Waals surface area contributed by atoms with Crippen LogP contribution in [-0.2, 0) is 28.2 Å². The lowest BCUT2D eigenvalue weighted by Crippen LogP contribution is -2.14. The molecular weight excluding hydrogens is 299 g/mol. The lowest BCUT2D eigenvalue weighted by Gasteiger charge is -2.07. The van der Waals surface area contributed by atoms with E-state index >= 15 is 0 Å². The minimum absolute atomic E-state index is 0.0280. The van der Waals surface area contributed by atoms with E-state index in [-0.39, 0.29) is 19.4 Å². The summed E-state index contributed by atoms with van der Waals surface area (Å²) in [5.74, 6) is -1.54. The molecule has 0 aromatic carbocycles. The Morgan fingerprint density at radius 1 is 0.950 bits per heavy atom. The number of ether oxygens (including phenoxy) is 2. The van der Waals surface area contributed by atoms with Crippen LogP contribution in [0.2, 0.25) is 0 Å². The van der Waals surface area contributed by atoms with Crippen molar-refractivity contribution in [3.63, 3.8) is 0 Å². The lowest BCUT2D eigenvalue weighted by atomic mass is 10.2. The molecular formula is C9H15O10P. The number of carbonyl (C=O) groups is 3. The minimum Gasteiger partial charge on any atom is -0.481 e. The van der Waals surface area contributed by atoms with E-state index in [9.17, 15) is 18.9 Å². The van der Waals surface area contributed by atoms with Crippen molar-refractivity contribution in [2.24, 2.45) is 0 Å². The summed E-state index contributed by atoms with van der Waals surface area (Å²) >= 11 is 0. The molecule has 0 atom stereocenters. The summed E-state index contributed by atoms with van der Waals surface area (Å²) in [5.41, 5.74) is 0. The fourth-order valence-corrected chi connectivity index (χ4v) is 1.27. The van der Waals surface area contributed by atoms with Gasteiger partial charge in [-0.2, -0.15) is 0 Å². The third kappa shape index (κ3) is 12.8. The highest BCUT2D eigenvalue weighted by Crippen LogP contribution is 2.36. The molecule has 0 radical (unpaired) electrons. The van der Waals surface area contributed by atoms with Gasteiger partial charge >= 0.3 is 25.9 Å². The Morgan fingerprint density at radius 2 is 1.50 bits per heavy atom. The fourth-order valence-electron chi connectivity index (χ4n) is 1.02. The quantitative estimate of drug-likeness (QED) is 0.309. The topological polar surface area (TPSA) is 157 Å². The van der Waals surface area contributed by atoms with Gasteiger partial charge in [0.1, 0.15) is 13.2 Å². The van der Waals surface area contributed by atoms with Crippen molar-refractivity contribution in [3.8, 4) is 0 Å². The van der Waals surface area contributed by atoms with Crippen LogP contribution in [0.25, 0.3) is 0 Å². The Kier molecular flexibility index (Phi) is 8.53. The summed E-state index contributed by atoms with van der Waals surface area (Å²) in [7, 11) is -4.95. The van der Waals surface area contributed by atoms with Crippen molar-refractivity contribution in [2.75, 3.05) is 13.2 Å². The number of phosphoric ester groups is 1. The Labute approximate surface area is 113 Å². The molecule has 11 heteroatoms. The van der Waals surface area contributed by atoms with E-state index in [4.69, 9.17) is 14.9 Å². The number of unbranched alkanes of at least 4 members (excludes halogenated alkanes) is 1. The Morgan fingerprint density at radius 3 is 2.05 bits per heavy atom. The van der Waals surface area contributed by atoms with Crippen LogP contribution >= 0.6 is 7.82 Å². The van der Waals surface area contributed by atoms with Gasteiger partial charge < -0.3 is 19.1 Å². The average molecular weight is 314 g/mol. The van der Waals surface area contributed by atoms with Gasteiger partial charge in [0, 0.05) is 12.8 Å². The molecule has 0 saturated heterocycles. The number of carboxylic acids is 1. The number of phosphoric acid groups is 1. The van der Waals surface area contributed by atoms with Crippen LogP contribution in [0, 0.1) is 0 Å². The lowest BCUT2D eigenvalue weighted by molar-refractivity contribution is -0.145. The second kappa shape index (κ2) is 9.29. The first-order valence-electron chi connectivity index (χ1n) is 5.50. The largest absolute Gasteiger partial charge is 0.529 e. The van der Waals surface area contributed by atoms with E-state index in [0.717, 1.165) is 0 Å². The molecule has 0 aliphatic rings. The summed E-state index contributed by atoms with van der Waals surface area (Å²) in [6.07, 6.45) is -0.886. The van der Waals surface area contributed by atoms with Gasteiger partial charge in [-0.3, -0.25) is 19.4 Å². The van der Waals surface area contributed by atoms with Crippen molar-refractivity contribution in [2.45, 2.75) is 25.7 Å². The zero-order valence-electron chi connectivity index (χ0n) is 10.4. The van der Waals surface area contributed by atoms with Crippen molar-refractivity contribution in [1.29, 1.82) is 0 Å². The van der Waals surface area contributed by atoms with E-state index in [1.165, 1.54) is 0 Å². The van der Waals surface area contributed by atoms with Crippen LogP contribution in [0.4, 0.5) is 4.79 Å². The number of rotatable bonds is 9. The van der Waals surface area contributed by atoms with Crippen LogP contribution in [-0.4, -0.2) is 46.2 Å². The number of aliphatic carboxylic acids is 1. The van der Waals surface area contributed by atoms with Gasteiger partial charge in [0.2, 0.25) is 0 Å². The summed E-state index contributed by atoms with van der Waals surface area (Å²) in [4.78, 5) is 48.4. The first kappa shape index (κ1) is 18.4. The predicted molar refractivity (Wildman–Crippen MR) is 61.5 cm³/mol. The normalized spacial score (nSPS) is 10.7. The number of carboxylic acid groups (broad SMARTS) is 1. The zero-order chi connectivity index (χ0) is 15.6. The summed E-state index contributed by atoms with van der Waals surface area (Å²) < 4.78 is 22.6. The van der Waals surface area contributed by atoms with Crippen LogP contribution in [0.15, 0.2) is 0 Å². The molecule has 3 N–H and O–H groups in total. The summed E-state index contributed by atoms with van der Waals surface area (Å²) in [6.45, 7) is -0.715. The molecule has 0 amide bonds.